The molecule has 0 saturated carbocycles. The Balaban J connectivity index is 2.90. The molecule has 20 heavy (non-hydrogen) atoms. The van der Waals surface area contributed by atoms with E-state index in [0.717, 1.165) is 0 Å². The van der Waals surface area contributed by atoms with Gasteiger partial charge in [-0.15, -0.1) is 0 Å². The standard InChI is InChI=1S/C13H16F4N2S/c1-2-3-19(8-13(15,16)17)7-9-4-10(12(18)20)6-11(14)5-9/h4-6H,2-3,7-8H2,1H3,(H2,18,20). The molecule has 0 heterocycles. The van der Waals surface area contributed by atoms with Crippen LogP contribution in [0.1, 0.15) is 24.5 Å². The average molecular weight is 308 g/mol. The highest BCUT2D eigenvalue weighted by Crippen LogP contribution is 2.19. The van der Waals surface area contributed by atoms with Crippen molar-refractivity contribution in [2.24, 2.45) is 5.73 Å². The summed E-state index contributed by atoms with van der Waals surface area (Å²) in [6.07, 6.45) is -3.71. The Kier molecular flexibility index (Phi) is 5.88. The highest BCUT2D eigenvalue weighted by atomic mass is 32.1. The Morgan fingerprint density at radius 3 is 2.45 bits per heavy atom. The average Bonchev–Trinajstić information content (AvgIpc) is 2.25. The van der Waals surface area contributed by atoms with Gasteiger partial charge in [-0.3, -0.25) is 4.90 Å². The van der Waals surface area contributed by atoms with Gasteiger partial charge in [0.05, 0.1) is 6.54 Å². The molecule has 1 aromatic rings. The van der Waals surface area contributed by atoms with E-state index in [9.17, 15) is 17.6 Å². The third kappa shape index (κ3) is 5.83. The van der Waals surface area contributed by atoms with Gasteiger partial charge in [-0.05, 0) is 36.7 Å². The molecule has 1 aromatic carbocycles. The third-order valence-corrected chi connectivity index (χ3v) is 2.83. The number of hydrogen-bond donors (Lipinski definition) is 1. The Morgan fingerprint density at radius 1 is 1.30 bits per heavy atom. The number of nitrogens with zero attached hydrogens (tertiary/aromatic N) is 1. The van der Waals surface area contributed by atoms with Crippen LogP contribution in [0.15, 0.2) is 18.2 Å². The lowest BCUT2D eigenvalue weighted by Gasteiger charge is -2.23. The van der Waals surface area contributed by atoms with Crippen LogP contribution in [0.4, 0.5) is 17.6 Å². The van der Waals surface area contributed by atoms with Crippen LogP contribution in [0.25, 0.3) is 0 Å². The molecule has 0 amide bonds. The van der Waals surface area contributed by atoms with Crippen molar-refractivity contribution in [3.63, 3.8) is 0 Å². The van der Waals surface area contributed by atoms with E-state index in [-0.39, 0.29) is 18.1 Å². The summed E-state index contributed by atoms with van der Waals surface area (Å²) in [6, 6.07) is 3.88. The molecule has 1 rings (SSSR count). The number of alkyl halides is 3. The summed E-state index contributed by atoms with van der Waals surface area (Å²) in [4.78, 5) is 1.24. The van der Waals surface area contributed by atoms with Gasteiger partial charge in [0.2, 0.25) is 0 Å². The number of thiocarbonyl (C=S) groups is 1. The highest BCUT2D eigenvalue weighted by Gasteiger charge is 2.30. The van der Waals surface area contributed by atoms with Crippen LogP contribution < -0.4 is 5.73 Å². The molecule has 0 bridgehead atoms. The van der Waals surface area contributed by atoms with Crippen LogP contribution in [-0.4, -0.2) is 29.2 Å². The molecule has 0 saturated heterocycles. The minimum Gasteiger partial charge on any atom is -0.389 e. The summed E-state index contributed by atoms with van der Waals surface area (Å²) in [5.41, 5.74) is 6.15. The van der Waals surface area contributed by atoms with Crippen LogP contribution in [0.5, 0.6) is 0 Å². The molecule has 2 N–H and O–H groups in total. The Hall–Kier alpha value is -1.21. The van der Waals surface area contributed by atoms with Gasteiger partial charge in [-0.25, -0.2) is 4.39 Å². The van der Waals surface area contributed by atoms with Crippen molar-refractivity contribution >= 4 is 17.2 Å². The minimum atomic E-state index is -4.28. The second kappa shape index (κ2) is 6.99. The Bertz CT molecular complexity index is 474. The van der Waals surface area contributed by atoms with E-state index in [2.05, 4.69) is 0 Å². The van der Waals surface area contributed by atoms with Crippen molar-refractivity contribution < 1.29 is 17.6 Å². The second-order valence-electron chi connectivity index (χ2n) is 4.54. The maximum absolute atomic E-state index is 13.4. The van der Waals surface area contributed by atoms with E-state index >= 15 is 0 Å². The zero-order valence-corrected chi connectivity index (χ0v) is 11.8. The highest BCUT2D eigenvalue weighted by molar-refractivity contribution is 7.80. The topological polar surface area (TPSA) is 29.3 Å². The lowest BCUT2D eigenvalue weighted by atomic mass is 10.1. The number of nitrogens with two attached hydrogens (primary N) is 1. The molecule has 0 spiro atoms. The van der Waals surface area contributed by atoms with Gasteiger partial charge in [0, 0.05) is 12.1 Å². The predicted molar refractivity (Wildman–Crippen MR) is 73.9 cm³/mol. The van der Waals surface area contributed by atoms with Gasteiger partial charge < -0.3 is 5.73 Å². The Labute approximate surface area is 120 Å². The van der Waals surface area contributed by atoms with Crippen LogP contribution in [0, 0.1) is 5.82 Å². The van der Waals surface area contributed by atoms with Crippen LogP contribution >= 0.6 is 12.2 Å². The summed E-state index contributed by atoms with van der Waals surface area (Å²) in [5, 5.41) is 0. The lowest BCUT2D eigenvalue weighted by Crippen LogP contribution is -2.34. The van der Waals surface area contributed by atoms with Crippen molar-refractivity contribution in [3.05, 3.63) is 35.1 Å². The van der Waals surface area contributed by atoms with Gasteiger partial charge in [-0.2, -0.15) is 13.2 Å². The van der Waals surface area contributed by atoms with E-state index in [0.29, 0.717) is 17.5 Å². The fourth-order valence-corrected chi connectivity index (χ4v) is 2.04. The van der Waals surface area contributed by atoms with E-state index in [1.807, 2.05) is 0 Å². The molecule has 0 aliphatic rings. The first-order valence-electron chi connectivity index (χ1n) is 6.09. The number of hydrogen-bond acceptors (Lipinski definition) is 2. The van der Waals surface area contributed by atoms with Crippen molar-refractivity contribution in [3.8, 4) is 0 Å². The maximum atomic E-state index is 13.4. The smallest absolute Gasteiger partial charge is 0.389 e. The van der Waals surface area contributed by atoms with Crippen molar-refractivity contribution in [1.82, 2.24) is 4.90 Å². The van der Waals surface area contributed by atoms with Crippen molar-refractivity contribution in [2.75, 3.05) is 13.1 Å². The summed E-state index contributed by atoms with van der Waals surface area (Å²) in [7, 11) is 0. The number of benzene rings is 1. The fraction of sp³-hybridized carbons (Fsp3) is 0.462. The van der Waals surface area contributed by atoms with Gasteiger partial charge in [-0.1, -0.05) is 19.1 Å². The van der Waals surface area contributed by atoms with E-state index in [1.54, 1.807) is 6.92 Å². The lowest BCUT2D eigenvalue weighted by molar-refractivity contribution is -0.147. The normalized spacial score (nSPS) is 11.9. The first-order chi connectivity index (χ1) is 9.21. The summed E-state index contributed by atoms with van der Waals surface area (Å²) < 4.78 is 50.8. The Morgan fingerprint density at radius 2 is 1.95 bits per heavy atom. The molecule has 2 nitrogen and oxygen atoms in total. The molecule has 7 heteroatoms. The first-order valence-corrected chi connectivity index (χ1v) is 6.50. The molecule has 112 valence electrons. The molecule has 0 atom stereocenters. The molecule has 0 aromatic heterocycles. The summed E-state index contributed by atoms with van der Waals surface area (Å²) >= 11 is 4.75. The van der Waals surface area contributed by atoms with Gasteiger partial charge in [0.1, 0.15) is 10.8 Å². The van der Waals surface area contributed by atoms with Gasteiger partial charge in [0.25, 0.3) is 0 Å². The molecule has 0 radical (unpaired) electrons. The number of halogens is 4. The van der Waals surface area contributed by atoms with E-state index in [1.165, 1.54) is 23.1 Å². The van der Waals surface area contributed by atoms with Gasteiger partial charge in [0.15, 0.2) is 0 Å². The largest absolute Gasteiger partial charge is 0.401 e. The van der Waals surface area contributed by atoms with E-state index < -0.39 is 18.5 Å². The summed E-state index contributed by atoms with van der Waals surface area (Å²) in [6.45, 7) is 1.04. The minimum absolute atomic E-state index is 0.000718. The molecular weight excluding hydrogens is 292 g/mol. The van der Waals surface area contributed by atoms with E-state index in [4.69, 9.17) is 18.0 Å². The monoisotopic (exact) mass is 308 g/mol. The van der Waals surface area contributed by atoms with Gasteiger partial charge >= 0.3 is 6.18 Å². The summed E-state index contributed by atoms with van der Waals surface area (Å²) in [5.74, 6) is -0.561. The van der Waals surface area contributed by atoms with Crippen molar-refractivity contribution in [2.45, 2.75) is 26.1 Å². The zero-order valence-electron chi connectivity index (χ0n) is 11.0. The van der Waals surface area contributed by atoms with Crippen LogP contribution in [0.3, 0.4) is 0 Å². The quantitative estimate of drug-likeness (QED) is 0.646. The first kappa shape index (κ1) is 16.8. The number of rotatable bonds is 6. The van der Waals surface area contributed by atoms with Crippen LogP contribution in [0.2, 0.25) is 0 Å². The fourth-order valence-electron chi connectivity index (χ4n) is 1.93. The molecule has 0 fully saturated rings. The molecule has 0 aliphatic carbocycles. The van der Waals surface area contributed by atoms with Crippen molar-refractivity contribution in [1.29, 1.82) is 0 Å². The maximum Gasteiger partial charge on any atom is 0.401 e. The predicted octanol–water partition coefficient (Wildman–Crippen LogP) is 3.23. The third-order valence-electron chi connectivity index (χ3n) is 2.59. The molecule has 0 aliphatic heterocycles. The second-order valence-corrected chi connectivity index (χ2v) is 4.98. The zero-order chi connectivity index (χ0) is 15.3. The molecular formula is C13H16F4N2S. The molecule has 0 unspecified atom stereocenters. The SMILES string of the molecule is CCCN(Cc1cc(F)cc(C(N)=S)c1)CC(F)(F)F. The van der Waals surface area contributed by atoms with Crippen LogP contribution in [-0.2, 0) is 6.54 Å².